The summed E-state index contributed by atoms with van der Waals surface area (Å²) in [5.41, 5.74) is 12.1. The predicted octanol–water partition coefficient (Wildman–Crippen LogP) is 11.8. The number of rotatable bonds is 3. The molecule has 1 aliphatic heterocycles. The van der Waals surface area contributed by atoms with E-state index in [0.717, 1.165) is 17.1 Å². The monoisotopic (exact) mass is 584 g/mol. The SMILES string of the molecule is c1ccc(C2(c3ccccc3-c3ccc4cccc5c4c3-c3ccccc3O5)c3ccccc3-c3cc4ccccc4cc32)cc1. The molecule has 0 N–H and O–H groups in total. The molecule has 1 aliphatic carbocycles. The molecular formula is C45H28O. The normalized spacial score (nSPS) is 15.7. The first-order chi connectivity index (χ1) is 22.8. The van der Waals surface area contributed by atoms with Gasteiger partial charge in [-0.1, -0.05) is 146 Å². The molecule has 10 rings (SSSR count). The molecule has 0 radical (unpaired) electrons. The topological polar surface area (TPSA) is 9.23 Å². The van der Waals surface area contributed by atoms with Gasteiger partial charge in [0.25, 0.3) is 0 Å². The number of hydrogen-bond donors (Lipinski definition) is 0. The van der Waals surface area contributed by atoms with Crippen molar-refractivity contribution in [2.75, 3.05) is 0 Å². The minimum absolute atomic E-state index is 0.528. The molecule has 0 fully saturated rings. The third-order valence-electron chi connectivity index (χ3n) is 10.1. The molecule has 1 heterocycles. The van der Waals surface area contributed by atoms with Crippen LogP contribution in [-0.4, -0.2) is 0 Å². The van der Waals surface area contributed by atoms with Crippen LogP contribution < -0.4 is 4.74 Å². The molecule has 2 aliphatic rings. The molecule has 0 amide bonds. The van der Waals surface area contributed by atoms with Gasteiger partial charge in [0.1, 0.15) is 11.5 Å². The summed E-state index contributed by atoms with van der Waals surface area (Å²) in [5.74, 6) is 1.81. The van der Waals surface area contributed by atoms with E-state index in [4.69, 9.17) is 4.74 Å². The van der Waals surface area contributed by atoms with Gasteiger partial charge in [-0.25, -0.2) is 0 Å². The minimum atomic E-state index is -0.528. The summed E-state index contributed by atoms with van der Waals surface area (Å²) >= 11 is 0. The summed E-state index contributed by atoms with van der Waals surface area (Å²) in [6.07, 6.45) is 0. The van der Waals surface area contributed by atoms with E-state index < -0.39 is 5.41 Å². The second-order valence-corrected chi connectivity index (χ2v) is 12.4. The van der Waals surface area contributed by atoms with Gasteiger partial charge in [-0.3, -0.25) is 0 Å². The second kappa shape index (κ2) is 9.54. The van der Waals surface area contributed by atoms with E-state index in [2.05, 4.69) is 170 Å². The van der Waals surface area contributed by atoms with Crippen molar-refractivity contribution < 1.29 is 4.74 Å². The van der Waals surface area contributed by atoms with E-state index in [-0.39, 0.29) is 0 Å². The summed E-state index contributed by atoms with van der Waals surface area (Å²) in [7, 11) is 0. The van der Waals surface area contributed by atoms with Gasteiger partial charge < -0.3 is 4.74 Å². The maximum Gasteiger partial charge on any atom is 0.135 e. The highest BCUT2D eigenvalue weighted by Gasteiger charge is 2.47. The third-order valence-corrected chi connectivity index (χ3v) is 10.1. The van der Waals surface area contributed by atoms with E-state index in [1.807, 2.05) is 0 Å². The Kier molecular flexibility index (Phi) is 5.27. The zero-order chi connectivity index (χ0) is 30.2. The van der Waals surface area contributed by atoms with Gasteiger partial charge in [-0.15, -0.1) is 0 Å². The maximum atomic E-state index is 6.49. The lowest BCUT2D eigenvalue weighted by atomic mass is 9.65. The Bertz CT molecular complexity index is 2510. The Labute approximate surface area is 268 Å². The number of benzene rings is 8. The van der Waals surface area contributed by atoms with Gasteiger partial charge in [0.15, 0.2) is 0 Å². The van der Waals surface area contributed by atoms with Crippen LogP contribution in [0.5, 0.6) is 11.5 Å². The van der Waals surface area contributed by atoms with Crippen molar-refractivity contribution >= 4 is 21.5 Å². The molecule has 0 spiro atoms. The van der Waals surface area contributed by atoms with Crippen molar-refractivity contribution in [3.8, 4) is 44.9 Å². The first kappa shape index (κ1) is 25.4. The zero-order valence-corrected chi connectivity index (χ0v) is 25.1. The van der Waals surface area contributed by atoms with Crippen LogP contribution >= 0.6 is 0 Å². The molecule has 0 saturated heterocycles. The van der Waals surface area contributed by atoms with Gasteiger partial charge in [0.2, 0.25) is 0 Å². The molecule has 8 aromatic carbocycles. The molecular weight excluding hydrogens is 556 g/mol. The Morgan fingerprint density at radius 3 is 1.72 bits per heavy atom. The smallest absolute Gasteiger partial charge is 0.135 e. The molecule has 1 unspecified atom stereocenters. The Morgan fingerprint density at radius 2 is 0.935 bits per heavy atom. The summed E-state index contributed by atoms with van der Waals surface area (Å²) in [4.78, 5) is 0. The quantitative estimate of drug-likeness (QED) is 0.201. The average Bonchev–Trinajstić information content (AvgIpc) is 3.41. The Hall–Kier alpha value is -5.92. The molecule has 0 bridgehead atoms. The summed E-state index contributed by atoms with van der Waals surface area (Å²) in [6, 6.07) is 62.2. The largest absolute Gasteiger partial charge is 0.456 e. The van der Waals surface area contributed by atoms with E-state index in [0.29, 0.717) is 0 Å². The molecule has 214 valence electrons. The molecule has 1 nitrogen and oxygen atoms in total. The van der Waals surface area contributed by atoms with Crippen LogP contribution in [0.1, 0.15) is 22.3 Å². The highest BCUT2D eigenvalue weighted by atomic mass is 16.5. The summed E-state index contributed by atoms with van der Waals surface area (Å²) in [6.45, 7) is 0. The molecule has 0 saturated carbocycles. The van der Waals surface area contributed by atoms with Crippen molar-refractivity contribution in [1.82, 2.24) is 0 Å². The summed E-state index contributed by atoms with van der Waals surface area (Å²) in [5, 5.41) is 4.86. The van der Waals surface area contributed by atoms with Gasteiger partial charge in [0.05, 0.1) is 5.41 Å². The highest BCUT2D eigenvalue weighted by Crippen LogP contribution is 2.59. The van der Waals surface area contributed by atoms with E-state index in [9.17, 15) is 0 Å². The predicted molar refractivity (Wildman–Crippen MR) is 190 cm³/mol. The lowest BCUT2D eigenvalue weighted by molar-refractivity contribution is 0.487. The van der Waals surface area contributed by atoms with E-state index in [1.54, 1.807) is 0 Å². The molecule has 0 aromatic heterocycles. The van der Waals surface area contributed by atoms with Crippen LogP contribution in [-0.2, 0) is 5.41 Å². The molecule has 8 aromatic rings. The maximum absolute atomic E-state index is 6.49. The van der Waals surface area contributed by atoms with E-state index >= 15 is 0 Å². The van der Waals surface area contributed by atoms with Crippen molar-refractivity contribution in [2.24, 2.45) is 0 Å². The van der Waals surface area contributed by atoms with Crippen LogP contribution in [0.3, 0.4) is 0 Å². The van der Waals surface area contributed by atoms with Crippen molar-refractivity contribution in [3.63, 3.8) is 0 Å². The third kappa shape index (κ3) is 3.35. The van der Waals surface area contributed by atoms with Crippen molar-refractivity contribution in [1.29, 1.82) is 0 Å². The van der Waals surface area contributed by atoms with Gasteiger partial charge in [-0.05, 0) is 84.9 Å². The summed E-state index contributed by atoms with van der Waals surface area (Å²) < 4.78 is 6.49. The first-order valence-corrected chi connectivity index (χ1v) is 15.9. The van der Waals surface area contributed by atoms with Crippen LogP contribution in [0.25, 0.3) is 54.9 Å². The van der Waals surface area contributed by atoms with Crippen LogP contribution in [0.2, 0.25) is 0 Å². The lowest BCUT2D eigenvalue weighted by Gasteiger charge is -2.36. The molecule has 46 heavy (non-hydrogen) atoms. The Balaban J connectivity index is 1.37. The van der Waals surface area contributed by atoms with Crippen molar-refractivity contribution in [3.05, 3.63) is 192 Å². The fourth-order valence-corrected chi connectivity index (χ4v) is 8.27. The highest BCUT2D eigenvalue weighted by molar-refractivity contribution is 6.10. The Morgan fingerprint density at radius 1 is 0.348 bits per heavy atom. The average molecular weight is 585 g/mol. The fourth-order valence-electron chi connectivity index (χ4n) is 8.27. The lowest BCUT2D eigenvalue weighted by Crippen LogP contribution is -2.29. The molecule has 1 atom stereocenters. The number of para-hydroxylation sites is 1. The number of hydrogen-bond acceptors (Lipinski definition) is 1. The van der Waals surface area contributed by atoms with E-state index in [1.165, 1.54) is 71.6 Å². The van der Waals surface area contributed by atoms with Gasteiger partial charge in [0, 0.05) is 16.5 Å². The fraction of sp³-hybridized carbons (Fsp3) is 0.0222. The van der Waals surface area contributed by atoms with Gasteiger partial charge >= 0.3 is 0 Å². The van der Waals surface area contributed by atoms with Crippen LogP contribution in [0.15, 0.2) is 170 Å². The second-order valence-electron chi connectivity index (χ2n) is 12.4. The first-order valence-electron chi connectivity index (χ1n) is 15.9. The van der Waals surface area contributed by atoms with Crippen LogP contribution in [0, 0.1) is 0 Å². The minimum Gasteiger partial charge on any atom is -0.456 e. The van der Waals surface area contributed by atoms with Gasteiger partial charge in [-0.2, -0.15) is 0 Å². The van der Waals surface area contributed by atoms with Crippen molar-refractivity contribution in [2.45, 2.75) is 5.41 Å². The standard InChI is InChI=1S/C45H28O/c1-2-16-32(17-3-1)45(39-22-10-7-19-34(39)37-27-30-13-4-5-14-31(30)28-40(37)45)38-21-9-6-18-33(38)35-26-25-29-15-12-24-42-43(29)44(35)36-20-8-11-23-41(36)46-42/h1-28H. The number of ether oxygens (including phenoxy) is 1. The van der Waals surface area contributed by atoms with Crippen LogP contribution in [0.4, 0.5) is 0 Å². The zero-order valence-electron chi connectivity index (χ0n) is 25.1. The molecule has 1 heteroatoms. The number of fused-ring (bicyclic) bond motifs is 6.